The molecule has 3 heterocycles. The number of carboxylic acid groups (broad SMARTS) is 1. The number of fused-ring (bicyclic) bond motifs is 1. The molecule has 0 bridgehead atoms. The standard InChI is InChI=1S/C20H26N4O5/c1-27-15-10-16-17(21-12-15)11-18(24-6-8-28-9-7-24)23-19(16)29-14-4-2-13(3-5-14)22-20(25)26/h10-14,22H,2-9H2,1H3,(H,25,26). The van der Waals surface area contributed by atoms with Gasteiger partial charge in [0.25, 0.3) is 0 Å². The highest BCUT2D eigenvalue weighted by Crippen LogP contribution is 2.32. The van der Waals surface area contributed by atoms with Gasteiger partial charge in [-0.15, -0.1) is 0 Å². The first-order valence-corrected chi connectivity index (χ1v) is 9.96. The highest BCUT2D eigenvalue weighted by molar-refractivity contribution is 5.87. The van der Waals surface area contributed by atoms with Crippen molar-refractivity contribution in [3.05, 3.63) is 18.3 Å². The summed E-state index contributed by atoms with van der Waals surface area (Å²) in [4.78, 5) is 22.4. The van der Waals surface area contributed by atoms with E-state index in [1.54, 1.807) is 13.3 Å². The number of ether oxygens (including phenoxy) is 3. The maximum atomic E-state index is 10.8. The van der Waals surface area contributed by atoms with E-state index in [1.165, 1.54) is 0 Å². The predicted octanol–water partition coefficient (Wildman–Crippen LogP) is 2.43. The molecular formula is C20H26N4O5. The second-order valence-corrected chi connectivity index (χ2v) is 7.37. The summed E-state index contributed by atoms with van der Waals surface area (Å²) in [6, 6.07) is 3.85. The van der Waals surface area contributed by atoms with Gasteiger partial charge < -0.3 is 29.5 Å². The number of morpholine rings is 1. The van der Waals surface area contributed by atoms with Crippen LogP contribution in [0.1, 0.15) is 25.7 Å². The topological polar surface area (TPSA) is 106 Å². The molecule has 2 aromatic rings. The Balaban J connectivity index is 1.58. The van der Waals surface area contributed by atoms with Crippen LogP contribution in [0.5, 0.6) is 11.6 Å². The van der Waals surface area contributed by atoms with Crippen molar-refractivity contribution in [3.8, 4) is 11.6 Å². The molecule has 1 aliphatic carbocycles. The molecular weight excluding hydrogens is 376 g/mol. The number of nitrogens with one attached hydrogen (secondary N) is 1. The second-order valence-electron chi connectivity index (χ2n) is 7.37. The molecule has 2 aliphatic rings. The van der Waals surface area contributed by atoms with Crippen molar-refractivity contribution in [2.45, 2.75) is 37.8 Å². The van der Waals surface area contributed by atoms with Gasteiger partial charge in [-0.1, -0.05) is 0 Å². The number of hydrogen-bond donors (Lipinski definition) is 2. The van der Waals surface area contributed by atoms with Crippen molar-refractivity contribution >= 4 is 22.8 Å². The Morgan fingerprint density at radius 1 is 1.24 bits per heavy atom. The van der Waals surface area contributed by atoms with Crippen LogP contribution >= 0.6 is 0 Å². The average Bonchev–Trinajstić information content (AvgIpc) is 2.75. The van der Waals surface area contributed by atoms with E-state index in [2.05, 4.69) is 15.2 Å². The first kappa shape index (κ1) is 19.5. The minimum atomic E-state index is -0.974. The van der Waals surface area contributed by atoms with Gasteiger partial charge in [-0.2, -0.15) is 4.98 Å². The van der Waals surface area contributed by atoms with Crippen LogP contribution in [0.2, 0.25) is 0 Å². The van der Waals surface area contributed by atoms with E-state index in [4.69, 9.17) is 24.3 Å². The Labute approximate surface area is 169 Å². The molecule has 2 aromatic heterocycles. The van der Waals surface area contributed by atoms with E-state index in [0.717, 1.165) is 55.5 Å². The van der Waals surface area contributed by atoms with Crippen molar-refractivity contribution in [1.82, 2.24) is 15.3 Å². The second kappa shape index (κ2) is 8.69. The highest BCUT2D eigenvalue weighted by atomic mass is 16.5. The number of amides is 1. The Hall–Kier alpha value is -2.81. The number of methoxy groups -OCH3 is 1. The fourth-order valence-electron chi connectivity index (χ4n) is 3.87. The summed E-state index contributed by atoms with van der Waals surface area (Å²) in [6.07, 6.45) is 3.75. The molecule has 0 aromatic carbocycles. The number of carbonyl (C=O) groups is 1. The molecule has 0 spiro atoms. The van der Waals surface area contributed by atoms with E-state index in [0.29, 0.717) is 24.8 Å². The van der Waals surface area contributed by atoms with E-state index in [9.17, 15) is 4.79 Å². The van der Waals surface area contributed by atoms with E-state index >= 15 is 0 Å². The van der Waals surface area contributed by atoms with Crippen LogP contribution in [0.4, 0.5) is 10.6 Å². The zero-order valence-corrected chi connectivity index (χ0v) is 16.5. The van der Waals surface area contributed by atoms with Gasteiger partial charge in [0.05, 0.1) is 37.4 Å². The lowest BCUT2D eigenvalue weighted by Crippen LogP contribution is -2.39. The number of aromatic nitrogens is 2. The van der Waals surface area contributed by atoms with Crippen molar-refractivity contribution in [1.29, 1.82) is 0 Å². The fraction of sp³-hybridized carbons (Fsp3) is 0.550. The molecule has 1 saturated heterocycles. The number of nitrogens with zero attached hydrogens (tertiary/aromatic N) is 3. The fourth-order valence-corrected chi connectivity index (χ4v) is 3.87. The molecule has 1 amide bonds. The van der Waals surface area contributed by atoms with Crippen LogP contribution in [-0.4, -0.2) is 66.7 Å². The molecule has 156 valence electrons. The molecule has 0 radical (unpaired) electrons. The van der Waals surface area contributed by atoms with Crippen molar-refractivity contribution in [3.63, 3.8) is 0 Å². The molecule has 0 unspecified atom stereocenters. The largest absolute Gasteiger partial charge is 0.495 e. The number of anilines is 1. The summed E-state index contributed by atoms with van der Waals surface area (Å²) >= 11 is 0. The highest BCUT2D eigenvalue weighted by Gasteiger charge is 2.25. The summed E-state index contributed by atoms with van der Waals surface area (Å²) in [7, 11) is 1.61. The summed E-state index contributed by atoms with van der Waals surface area (Å²) in [5, 5.41) is 12.3. The van der Waals surface area contributed by atoms with Gasteiger partial charge in [0.15, 0.2) is 0 Å². The van der Waals surface area contributed by atoms with Crippen LogP contribution < -0.4 is 19.7 Å². The van der Waals surface area contributed by atoms with Gasteiger partial charge >= 0.3 is 6.09 Å². The molecule has 29 heavy (non-hydrogen) atoms. The Morgan fingerprint density at radius 2 is 2.00 bits per heavy atom. The zero-order chi connectivity index (χ0) is 20.2. The first-order valence-electron chi connectivity index (χ1n) is 9.96. The quantitative estimate of drug-likeness (QED) is 0.786. The van der Waals surface area contributed by atoms with Gasteiger partial charge in [-0.25, -0.2) is 4.79 Å². The van der Waals surface area contributed by atoms with Gasteiger partial charge in [0, 0.05) is 25.2 Å². The molecule has 9 nitrogen and oxygen atoms in total. The van der Waals surface area contributed by atoms with E-state index < -0.39 is 6.09 Å². The maximum absolute atomic E-state index is 10.8. The Morgan fingerprint density at radius 3 is 2.69 bits per heavy atom. The summed E-state index contributed by atoms with van der Waals surface area (Å²) in [6.45, 7) is 2.90. The minimum absolute atomic E-state index is 0.0105. The molecule has 9 heteroatoms. The van der Waals surface area contributed by atoms with Crippen molar-refractivity contribution in [2.24, 2.45) is 0 Å². The van der Waals surface area contributed by atoms with Crippen LogP contribution in [0.3, 0.4) is 0 Å². The molecule has 4 rings (SSSR count). The van der Waals surface area contributed by atoms with Gasteiger partial charge in [-0.05, 0) is 31.7 Å². The van der Waals surface area contributed by atoms with Gasteiger partial charge in [0.1, 0.15) is 17.7 Å². The van der Waals surface area contributed by atoms with Crippen LogP contribution in [0.25, 0.3) is 10.9 Å². The Bertz CT molecular complexity index is 863. The lowest BCUT2D eigenvalue weighted by molar-refractivity contribution is 0.121. The third kappa shape index (κ3) is 4.61. The first-order chi connectivity index (χ1) is 14.1. The predicted molar refractivity (Wildman–Crippen MR) is 107 cm³/mol. The van der Waals surface area contributed by atoms with Crippen molar-refractivity contribution in [2.75, 3.05) is 38.3 Å². The third-order valence-electron chi connectivity index (χ3n) is 5.46. The maximum Gasteiger partial charge on any atom is 0.404 e. The summed E-state index contributed by atoms with van der Waals surface area (Å²) in [5.41, 5.74) is 0.804. The van der Waals surface area contributed by atoms with Crippen molar-refractivity contribution < 1.29 is 24.1 Å². The number of pyridine rings is 2. The summed E-state index contributed by atoms with van der Waals surface area (Å²) < 4.78 is 17.1. The van der Waals surface area contributed by atoms with Crippen LogP contribution in [0, 0.1) is 0 Å². The number of rotatable bonds is 5. The van der Waals surface area contributed by atoms with E-state index in [1.807, 2.05) is 12.1 Å². The molecule has 1 saturated carbocycles. The Kier molecular flexibility index (Phi) is 5.84. The minimum Gasteiger partial charge on any atom is -0.495 e. The lowest BCUT2D eigenvalue weighted by atomic mass is 9.93. The monoisotopic (exact) mass is 402 g/mol. The lowest BCUT2D eigenvalue weighted by Gasteiger charge is -2.30. The number of hydrogen-bond acceptors (Lipinski definition) is 7. The SMILES string of the molecule is COc1cnc2cc(N3CCOCC3)nc(OC3CCC(NC(=O)O)CC3)c2c1. The van der Waals surface area contributed by atoms with Crippen LogP contribution in [0.15, 0.2) is 18.3 Å². The van der Waals surface area contributed by atoms with Gasteiger partial charge in [0.2, 0.25) is 5.88 Å². The third-order valence-corrected chi connectivity index (χ3v) is 5.46. The average molecular weight is 402 g/mol. The molecule has 1 aliphatic heterocycles. The molecule has 0 atom stereocenters. The smallest absolute Gasteiger partial charge is 0.404 e. The molecule has 2 fully saturated rings. The van der Waals surface area contributed by atoms with E-state index in [-0.39, 0.29) is 12.1 Å². The molecule has 2 N–H and O–H groups in total. The van der Waals surface area contributed by atoms with Gasteiger partial charge in [-0.3, -0.25) is 4.98 Å². The van der Waals surface area contributed by atoms with Crippen LogP contribution in [-0.2, 0) is 4.74 Å². The summed E-state index contributed by atoms with van der Waals surface area (Å²) in [5.74, 6) is 2.03. The normalized spacial score (nSPS) is 22.3. The zero-order valence-electron chi connectivity index (χ0n) is 16.5.